The fraction of sp³-hybridized carbons (Fsp3) is 0.214. The Labute approximate surface area is 101 Å². The van der Waals surface area contributed by atoms with Gasteiger partial charge in [0.1, 0.15) is 0 Å². The molecule has 3 heteroatoms. The number of benzene rings is 1. The molecule has 0 saturated carbocycles. The Bertz CT molecular complexity index is 534. The average Bonchev–Trinajstić information content (AvgIpc) is 2.33. The topological polar surface area (TPSA) is 50.9 Å². The largest absolute Gasteiger partial charge is 0.397 e. The first-order valence-electron chi connectivity index (χ1n) is 5.73. The number of nitrogens with two attached hydrogens (primary N) is 1. The number of fused-ring (bicyclic) bond motifs is 1. The van der Waals surface area contributed by atoms with Gasteiger partial charge in [0.05, 0.1) is 16.9 Å². The van der Waals surface area contributed by atoms with Crippen LogP contribution >= 0.6 is 0 Å². The van der Waals surface area contributed by atoms with Gasteiger partial charge < -0.3 is 11.1 Å². The molecule has 0 aliphatic carbocycles. The van der Waals surface area contributed by atoms with E-state index in [0.29, 0.717) is 6.04 Å². The van der Waals surface area contributed by atoms with Gasteiger partial charge >= 0.3 is 0 Å². The number of nitrogens with zero attached hydrogens (tertiary/aromatic N) is 1. The molecule has 0 amide bonds. The van der Waals surface area contributed by atoms with E-state index < -0.39 is 0 Å². The van der Waals surface area contributed by atoms with Gasteiger partial charge in [-0.3, -0.25) is 4.98 Å². The lowest BCUT2D eigenvalue weighted by molar-refractivity contribution is 0.815. The third kappa shape index (κ3) is 2.38. The van der Waals surface area contributed by atoms with Crippen LogP contribution in [-0.4, -0.2) is 11.0 Å². The van der Waals surface area contributed by atoms with Gasteiger partial charge in [-0.2, -0.15) is 0 Å². The summed E-state index contributed by atoms with van der Waals surface area (Å²) in [6.07, 6.45) is 4.58. The Morgan fingerprint density at radius 2 is 2.29 bits per heavy atom. The number of anilines is 2. The van der Waals surface area contributed by atoms with Gasteiger partial charge in [-0.25, -0.2) is 0 Å². The Kier molecular flexibility index (Phi) is 3.28. The number of rotatable bonds is 4. The molecule has 88 valence electrons. The summed E-state index contributed by atoms with van der Waals surface area (Å²) in [4.78, 5) is 4.27. The number of nitrogens with one attached hydrogen (secondary N) is 1. The Hall–Kier alpha value is -2.03. The number of hydrogen-bond acceptors (Lipinski definition) is 3. The van der Waals surface area contributed by atoms with E-state index in [9.17, 15) is 0 Å². The van der Waals surface area contributed by atoms with Crippen molar-refractivity contribution >= 4 is 22.3 Å². The summed E-state index contributed by atoms with van der Waals surface area (Å²) in [5, 5.41) is 4.37. The van der Waals surface area contributed by atoms with E-state index in [1.54, 1.807) is 6.20 Å². The third-order valence-electron chi connectivity index (χ3n) is 2.75. The van der Waals surface area contributed by atoms with E-state index in [2.05, 4.69) is 23.8 Å². The lowest BCUT2D eigenvalue weighted by Crippen LogP contribution is -2.15. The van der Waals surface area contributed by atoms with Crippen LogP contribution in [0, 0.1) is 0 Å². The molecule has 0 spiro atoms. The minimum absolute atomic E-state index is 0.323. The van der Waals surface area contributed by atoms with Gasteiger partial charge in [-0.05, 0) is 37.6 Å². The Balaban J connectivity index is 2.35. The van der Waals surface area contributed by atoms with E-state index in [0.717, 1.165) is 28.7 Å². The maximum atomic E-state index is 6.14. The fourth-order valence-electron chi connectivity index (χ4n) is 1.88. The highest BCUT2D eigenvalue weighted by molar-refractivity contribution is 5.96. The quantitative estimate of drug-likeness (QED) is 0.623. The van der Waals surface area contributed by atoms with Crippen LogP contribution in [-0.2, 0) is 0 Å². The second-order valence-electron chi connectivity index (χ2n) is 4.17. The zero-order chi connectivity index (χ0) is 12.3. The van der Waals surface area contributed by atoms with Crippen LogP contribution in [0.25, 0.3) is 10.9 Å². The summed E-state index contributed by atoms with van der Waals surface area (Å²) in [5.74, 6) is 0. The molecule has 1 aromatic heterocycles. The highest BCUT2D eigenvalue weighted by Gasteiger charge is 2.06. The van der Waals surface area contributed by atoms with Crippen LogP contribution in [0.2, 0.25) is 0 Å². The number of nitrogen functional groups attached to an aromatic ring is 1. The highest BCUT2D eigenvalue weighted by Crippen LogP contribution is 2.28. The normalized spacial score (nSPS) is 12.3. The van der Waals surface area contributed by atoms with Gasteiger partial charge in [-0.15, -0.1) is 6.58 Å². The fourth-order valence-corrected chi connectivity index (χ4v) is 1.88. The summed E-state index contributed by atoms with van der Waals surface area (Å²) in [6.45, 7) is 5.84. The van der Waals surface area contributed by atoms with Gasteiger partial charge in [0.2, 0.25) is 0 Å². The lowest BCUT2D eigenvalue weighted by atomic mass is 10.1. The van der Waals surface area contributed by atoms with Crippen molar-refractivity contribution in [1.29, 1.82) is 0 Å². The molecule has 1 heterocycles. The van der Waals surface area contributed by atoms with Gasteiger partial charge in [0.15, 0.2) is 0 Å². The van der Waals surface area contributed by atoms with Crippen LogP contribution in [0.3, 0.4) is 0 Å². The maximum Gasteiger partial charge on any atom is 0.0724 e. The van der Waals surface area contributed by atoms with E-state index >= 15 is 0 Å². The minimum atomic E-state index is 0.323. The van der Waals surface area contributed by atoms with Crippen LogP contribution in [0.5, 0.6) is 0 Å². The molecule has 3 N–H and O–H groups in total. The molecular weight excluding hydrogens is 210 g/mol. The molecule has 3 nitrogen and oxygen atoms in total. The summed E-state index contributed by atoms with van der Waals surface area (Å²) < 4.78 is 0. The molecule has 0 aliphatic heterocycles. The minimum Gasteiger partial charge on any atom is -0.397 e. The number of aromatic nitrogens is 1. The van der Waals surface area contributed by atoms with Crippen LogP contribution < -0.4 is 11.1 Å². The lowest BCUT2D eigenvalue weighted by Gasteiger charge is -2.16. The van der Waals surface area contributed by atoms with Gasteiger partial charge in [-0.1, -0.05) is 6.08 Å². The molecular formula is C14H17N3. The molecule has 1 aromatic carbocycles. The van der Waals surface area contributed by atoms with E-state index in [1.807, 2.05) is 30.3 Å². The first-order valence-corrected chi connectivity index (χ1v) is 5.73. The first kappa shape index (κ1) is 11.5. The van der Waals surface area contributed by atoms with Crippen molar-refractivity contribution in [3.05, 3.63) is 43.1 Å². The van der Waals surface area contributed by atoms with Crippen LogP contribution in [0.4, 0.5) is 11.4 Å². The summed E-state index contributed by atoms with van der Waals surface area (Å²) in [5.41, 5.74) is 8.77. The monoisotopic (exact) mass is 227 g/mol. The standard InChI is InChI=1S/C14H17N3/c1-3-5-10(2)17-13-8-7-12-11(14(13)15)6-4-9-16-12/h3-4,6-10,17H,1,5,15H2,2H3. The zero-order valence-electron chi connectivity index (χ0n) is 9.98. The molecule has 17 heavy (non-hydrogen) atoms. The van der Waals surface area contributed by atoms with E-state index in [4.69, 9.17) is 5.73 Å². The van der Waals surface area contributed by atoms with Crippen molar-refractivity contribution in [3.63, 3.8) is 0 Å². The van der Waals surface area contributed by atoms with Gasteiger partial charge in [0.25, 0.3) is 0 Å². The number of hydrogen-bond donors (Lipinski definition) is 2. The SMILES string of the molecule is C=CCC(C)Nc1ccc2ncccc2c1N. The molecule has 0 fully saturated rings. The average molecular weight is 227 g/mol. The van der Waals surface area contributed by atoms with Crippen LogP contribution in [0.1, 0.15) is 13.3 Å². The summed E-state index contributed by atoms with van der Waals surface area (Å²) in [6, 6.07) is 8.17. The number of pyridine rings is 1. The second-order valence-corrected chi connectivity index (χ2v) is 4.17. The van der Waals surface area contributed by atoms with Crippen molar-refractivity contribution in [2.45, 2.75) is 19.4 Å². The van der Waals surface area contributed by atoms with Crippen molar-refractivity contribution in [2.24, 2.45) is 0 Å². The smallest absolute Gasteiger partial charge is 0.0724 e. The van der Waals surface area contributed by atoms with Crippen molar-refractivity contribution in [1.82, 2.24) is 4.98 Å². The first-order chi connectivity index (χ1) is 8.22. The molecule has 0 saturated heterocycles. The molecule has 2 aromatic rings. The molecule has 0 radical (unpaired) electrons. The third-order valence-corrected chi connectivity index (χ3v) is 2.75. The zero-order valence-corrected chi connectivity index (χ0v) is 9.98. The molecule has 0 bridgehead atoms. The Morgan fingerprint density at radius 1 is 1.47 bits per heavy atom. The van der Waals surface area contributed by atoms with Crippen molar-refractivity contribution < 1.29 is 0 Å². The molecule has 1 atom stereocenters. The summed E-state index contributed by atoms with van der Waals surface area (Å²) in [7, 11) is 0. The van der Waals surface area contributed by atoms with E-state index in [-0.39, 0.29) is 0 Å². The predicted octanol–water partition coefficient (Wildman–Crippen LogP) is 3.19. The van der Waals surface area contributed by atoms with Gasteiger partial charge in [0, 0.05) is 17.6 Å². The van der Waals surface area contributed by atoms with E-state index in [1.165, 1.54) is 0 Å². The molecule has 1 unspecified atom stereocenters. The van der Waals surface area contributed by atoms with Crippen molar-refractivity contribution in [3.8, 4) is 0 Å². The predicted molar refractivity (Wildman–Crippen MR) is 74.1 cm³/mol. The Morgan fingerprint density at radius 3 is 3.06 bits per heavy atom. The van der Waals surface area contributed by atoms with Crippen molar-refractivity contribution in [2.75, 3.05) is 11.1 Å². The molecule has 2 rings (SSSR count). The molecule has 0 aliphatic rings. The highest BCUT2D eigenvalue weighted by atomic mass is 14.9. The maximum absolute atomic E-state index is 6.14. The second kappa shape index (κ2) is 4.87. The summed E-state index contributed by atoms with van der Waals surface area (Å²) >= 11 is 0. The van der Waals surface area contributed by atoms with Crippen LogP contribution in [0.15, 0.2) is 43.1 Å².